The van der Waals surface area contributed by atoms with Gasteiger partial charge in [-0.2, -0.15) is 0 Å². The second kappa shape index (κ2) is 18.9. The van der Waals surface area contributed by atoms with Crippen molar-refractivity contribution >= 4 is 11.8 Å². The summed E-state index contributed by atoms with van der Waals surface area (Å²) in [5, 5.41) is 21.5. The predicted molar refractivity (Wildman–Crippen MR) is 140 cm³/mol. The maximum absolute atomic E-state index is 12.3. The first-order chi connectivity index (χ1) is 16.1. The molecule has 0 rings (SSSR count). The predicted octanol–water partition coefficient (Wildman–Crippen LogP) is 4.61. The van der Waals surface area contributed by atoms with E-state index in [-0.39, 0.29) is 11.0 Å². The largest absolute Gasteiger partial charge is 0.550 e. The number of carbonyl (C=O) groups excluding carboxylic acids is 2. The molecule has 0 radical (unpaired) electrons. The van der Waals surface area contributed by atoms with Crippen LogP contribution >= 0.6 is 0 Å². The van der Waals surface area contributed by atoms with Crippen molar-refractivity contribution in [3.63, 3.8) is 0 Å². The minimum Gasteiger partial charge on any atom is -0.550 e. The number of carboxylic acids is 1. The third-order valence-electron chi connectivity index (χ3n) is 4.99. The van der Waals surface area contributed by atoms with Gasteiger partial charge in [0.1, 0.15) is 6.54 Å². The highest BCUT2D eigenvalue weighted by Crippen LogP contribution is 2.16. The van der Waals surface area contributed by atoms with Gasteiger partial charge in [-0.05, 0) is 18.9 Å². The Bertz CT molecular complexity index is 751. The monoisotopic (exact) mass is 471 g/mol. The number of hydrogen-bond donors (Lipinski definition) is 1. The molecule has 34 heavy (non-hydrogen) atoms. The van der Waals surface area contributed by atoms with Crippen molar-refractivity contribution in [1.82, 2.24) is 0 Å². The van der Waals surface area contributed by atoms with Gasteiger partial charge in [0.05, 0.1) is 21.1 Å². The van der Waals surface area contributed by atoms with Crippen molar-refractivity contribution in [1.29, 1.82) is 0 Å². The number of aliphatic hydroxyl groups is 1. The van der Waals surface area contributed by atoms with Crippen molar-refractivity contribution in [3.05, 3.63) is 72.9 Å². The number of ketones is 1. The summed E-state index contributed by atoms with van der Waals surface area (Å²) >= 11 is 0. The van der Waals surface area contributed by atoms with E-state index in [9.17, 15) is 19.8 Å². The average molecular weight is 472 g/mol. The van der Waals surface area contributed by atoms with Crippen molar-refractivity contribution in [3.8, 4) is 0 Å². The smallest absolute Gasteiger partial charge is 0.193 e. The van der Waals surface area contributed by atoms with Gasteiger partial charge in [-0.3, -0.25) is 4.79 Å². The van der Waals surface area contributed by atoms with E-state index in [0.29, 0.717) is 0 Å². The van der Waals surface area contributed by atoms with Gasteiger partial charge >= 0.3 is 0 Å². The molecule has 0 aliphatic carbocycles. The number of likely N-dealkylation sites (N-methyl/N-ethyl adjacent to an activating group) is 1. The maximum atomic E-state index is 12.3. The highest BCUT2D eigenvalue weighted by Gasteiger charge is 2.39. The molecule has 0 spiro atoms. The van der Waals surface area contributed by atoms with Crippen LogP contribution in [0.1, 0.15) is 64.7 Å². The van der Waals surface area contributed by atoms with Crippen LogP contribution in [0.4, 0.5) is 0 Å². The number of unbranched alkanes of at least 4 members (excludes halogenated alkanes) is 7. The molecule has 0 bridgehead atoms. The van der Waals surface area contributed by atoms with Crippen molar-refractivity contribution in [2.45, 2.75) is 70.3 Å². The summed E-state index contributed by atoms with van der Waals surface area (Å²) < 4.78 is 0.248. The van der Waals surface area contributed by atoms with Crippen LogP contribution in [0.2, 0.25) is 0 Å². The molecule has 1 N–H and O–H groups in total. The quantitative estimate of drug-likeness (QED) is 0.129. The zero-order valence-corrected chi connectivity index (χ0v) is 21.6. The fourth-order valence-corrected chi connectivity index (χ4v) is 3.45. The number of hydrogen-bond acceptors (Lipinski definition) is 4. The van der Waals surface area contributed by atoms with Gasteiger partial charge < -0.3 is 19.5 Å². The first-order valence-electron chi connectivity index (χ1n) is 12.4. The second-order valence-corrected chi connectivity index (χ2v) is 9.63. The summed E-state index contributed by atoms with van der Waals surface area (Å²) in [5.74, 6) is -2.11. The molecule has 0 saturated carbocycles. The Hall–Kier alpha value is -2.50. The topological polar surface area (TPSA) is 77.4 Å². The van der Waals surface area contributed by atoms with Crippen molar-refractivity contribution < 1.29 is 24.3 Å². The molecule has 5 nitrogen and oxygen atoms in total. The Labute approximate surface area is 207 Å². The molecule has 0 aromatic rings. The van der Waals surface area contributed by atoms with Crippen LogP contribution in [0.3, 0.4) is 0 Å². The minimum absolute atomic E-state index is 0.0274. The lowest BCUT2D eigenvalue weighted by Crippen LogP contribution is -2.55. The molecule has 0 aromatic heterocycles. The molecule has 0 aromatic carbocycles. The molecular formula is C29H45NO4. The number of carbonyl (C=O) groups is 2. The maximum Gasteiger partial charge on any atom is 0.193 e. The Morgan fingerprint density at radius 1 is 0.765 bits per heavy atom. The third-order valence-corrected chi connectivity index (χ3v) is 4.99. The Morgan fingerprint density at radius 2 is 1.24 bits per heavy atom. The van der Waals surface area contributed by atoms with E-state index in [2.05, 4.69) is 19.1 Å². The Balaban J connectivity index is 4.27. The summed E-state index contributed by atoms with van der Waals surface area (Å²) in [4.78, 5) is 23.3. The van der Waals surface area contributed by atoms with Crippen molar-refractivity contribution in [2.75, 3.05) is 27.7 Å². The van der Waals surface area contributed by atoms with E-state index in [0.717, 1.165) is 6.42 Å². The van der Waals surface area contributed by atoms with Gasteiger partial charge in [-0.15, -0.1) is 0 Å². The lowest BCUT2D eigenvalue weighted by molar-refractivity contribution is -0.875. The Kier molecular flexibility index (Phi) is 17.5. The van der Waals surface area contributed by atoms with E-state index in [1.165, 1.54) is 57.1 Å². The number of nitrogens with zero attached hydrogens (tertiary/aromatic N) is 1. The zero-order chi connectivity index (χ0) is 25.7. The first-order valence-corrected chi connectivity index (χ1v) is 12.4. The highest BCUT2D eigenvalue weighted by molar-refractivity contribution is 5.99. The molecule has 5 heteroatoms. The first kappa shape index (κ1) is 31.5. The number of allylic oxidation sites excluding steroid dienone is 11. The molecular weight excluding hydrogens is 426 g/mol. The lowest BCUT2D eigenvalue weighted by Gasteiger charge is -2.34. The molecule has 0 aliphatic heterocycles. The van der Waals surface area contributed by atoms with Crippen LogP contribution in [0, 0.1) is 0 Å². The van der Waals surface area contributed by atoms with Crippen molar-refractivity contribution in [2.24, 2.45) is 0 Å². The summed E-state index contributed by atoms with van der Waals surface area (Å²) in [6.45, 7) is 2.22. The van der Waals surface area contributed by atoms with Crippen LogP contribution < -0.4 is 5.11 Å². The molecule has 1 unspecified atom stereocenters. The molecule has 0 aliphatic rings. The number of aliphatic carboxylic acids is 1. The molecule has 0 fully saturated rings. The van der Waals surface area contributed by atoms with E-state index in [1.54, 1.807) is 33.3 Å². The number of rotatable bonds is 19. The van der Waals surface area contributed by atoms with E-state index >= 15 is 0 Å². The molecule has 0 saturated heterocycles. The highest BCUT2D eigenvalue weighted by atomic mass is 16.4. The molecule has 1 atom stereocenters. The van der Waals surface area contributed by atoms with E-state index in [4.69, 9.17) is 0 Å². The fraction of sp³-hybridized carbons (Fsp3) is 0.517. The van der Waals surface area contributed by atoms with Gasteiger partial charge in [0.2, 0.25) is 0 Å². The summed E-state index contributed by atoms with van der Waals surface area (Å²) in [7, 11) is 5.33. The van der Waals surface area contributed by atoms with Gasteiger partial charge in [0.25, 0.3) is 0 Å². The summed E-state index contributed by atoms with van der Waals surface area (Å²) in [5.41, 5.74) is -1.99. The molecule has 0 amide bonds. The SMILES string of the molecule is CCCCCCCCCC=CC=CC=CC=CC=CC=CC(=O)C(O)(CC(=O)[O-])C[N+](C)(C)C. The average Bonchev–Trinajstić information content (AvgIpc) is 2.73. The number of carboxylic acid groups (broad SMARTS) is 1. The van der Waals surface area contributed by atoms with Crippen LogP contribution in [0.25, 0.3) is 0 Å². The second-order valence-electron chi connectivity index (χ2n) is 9.63. The molecule has 190 valence electrons. The number of quaternary nitrogens is 1. The summed E-state index contributed by atoms with van der Waals surface area (Å²) in [6, 6.07) is 0. The zero-order valence-electron chi connectivity index (χ0n) is 21.6. The van der Waals surface area contributed by atoms with Gasteiger partial charge in [0.15, 0.2) is 11.4 Å². The molecule has 0 heterocycles. The van der Waals surface area contributed by atoms with E-state index < -0.39 is 23.8 Å². The lowest BCUT2D eigenvalue weighted by atomic mass is 9.92. The Morgan fingerprint density at radius 3 is 1.74 bits per heavy atom. The van der Waals surface area contributed by atoms with Gasteiger partial charge in [0, 0.05) is 12.4 Å². The fourth-order valence-electron chi connectivity index (χ4n) is 3.45. The summed E-state index contributed by atoms with van der Waals surface area (Å²) in [6.07, 6.45) is 31.6. The minimum atomic E-state index is -1.99. The standard InChI is InChI=1S/C29H45NO4/c1-5-6-7-8-9-10-11-12-13-14-15-16-17-18-19-20-21-22-23-24-27(31)29(34,25-28(32)33)26-30(2,3)4/h13-24,34H,5-12,25-26H2,1-4H3. The van der Waals surface area contributed by atoms with Crippen LogP contribution in [-0.4, -0.2) is 54.6 Å². The van der Waals surface area contributed by atoms with Crippen LogP contribution in [0.5, 0.6) is 0 Å². The normalized spacial score (nSPS) is 15.1. The van der Waals surface area contributed by atoms with E-state index in [1.807, 2.05) is 36.5 Å². The van der Waals surface area contributed by atoms with Crippen LogP contribution in [-0.2, 0) is 9.59 Å². The third kappa shape index (κ3) is 19.0. The van der Waals surface area contributed by atoms with Crippen LogP contribution in [0.15, 0.2) is 72.9 Å². The van der Waals surface area contributed by atoms with Gasteiger partial charge in [-0.25, -0.2) is 0 Å². The van der Waals surface area contributed by atoms with Gasteiger partial charge in [-0.1, -0.05) is 112 Å².